The van der Waals surface area contributed by atoms with Gasteiger partial charge in [-0.05, 0) is 18.0 Å². The van der Waals surface area contributed by atoms with Crippen LogP contribution in [0.25, 0.3) is 0 Å². The molecule has 1 amide bonds. The lowest BCUT2D eigenvalue weighted by molar-refractivity contribution is 0.0780. The Morgan fingerprint density at radius 2 is 2.15 bits per heavy atom. The molecule has 112 valence electrons. The van der Waals surface area contributed by atoms with Crippen LogP contribution in [-0.2, 0) is 5.41 Å². The number of hydrogen-bond donors (Lipinski definition) is 2. The van der Waals surface area contributed by atoms with E-state index >= 15 is 0 Å². The highest BCUT2D eigenvalue weighted by Gasteiger charge is 2.29. The molecule has 1 rings (SSSR count). The maximum atomic E-state index is 12.6. The van der Waals surface area contributed by atoms with Gasteiger partial charge in [0.15, 0.2) is 5.84 Å². The van der Waals surface area contributed by atoms with Crippen LogP contribution in [0.15, 0.2) is 5.16 Å². The molecule has 3 N–H and O–H groups in total. The Kier molecular flexibility index (Phi) is 5.43. The zero-order valence-corrected chi connectivity index (χ0v) is 13.1. The zero-order chi connectivity index (χ0) is 15.3. The number of carbonyl (C=O) groups excluding carboxylic acids is 1. The smallest absolute Gasteiger partial charge is 0.267 e. The number of oxime groups is 1. The van der Waals surface area contributed by atoms with Gasteiger partial charge < -0.3 is 15.8 Å². The van der Waals surface area contributed by atoms with Gasteiger partial charge >= 0.3 is 0 Å². The van der Waals surface area contributed by atoms with Crippen molar-refractivity contribution in [1.29, 1.82) is 0 Å². The fourth-order valence-electron chi connectivity index (χ4n) is 1.71. The summed E-state index contributed by atoms with van der Waals surface area (Å²) in [5.74, 6) is -0.181. The molecular formula is C12H21N5O2S. The quantitative estimate of drug-likeness (QED) is 0.370. The van der Waals surface area contributed by atoms with E-state index in [1.165, 1.54) is 0 Å². The molecule has 8 heteroatoms. The monoisotopic (exact) mass is 299 g/mol. The lowest BCUT2D eigenvalue weighted by Crippen LogP contribution is -2.39. The molecule has 0 fully saturated rings. The van der Waals surface area contributed by atoms with Gasteiger partial charge in [-0.3, -0.25) is 4.79 Å². The molecule has 7 nitrogen and oxygen atoms in total. The van der Waals surface area contributed by atoms with Gasteiger partial charge in [-0.1, -0.05) is 37.3 Å². The molecule has 0 atom stereocenters. The number of amides is 1. The predicted octanol–water partition coefficient (Wildman–Crippen LogP) is 1.43. The number of nitrogens with zero attached hydrogens (tertiary/aromatic N) is 4. The van der Waals surface area contributed by atoms with Crippen LogP contribution in [0, 0.1) is 0 Å². The Bertz CT molecular complexity index is 492. The third-order valence-corrected chi connectivity index (χ3v) is 3.37. The van der Waals surface area contributed by atoms with Crippen molar-refractivity contribution in [1.82, 2.24) is 14.5 Å². The first-order chi connectivity index (χ1) is 9.31. The van der Waals surface area contributed by atoms with Crippen LogP contribution in [-0.4, -0.2) is 44.5 Å². The van der Waals surface area contributed by atoms with Gasteiger partial charge in [0, 0.05) is 12.0 Å². The van der Waals surface area contributed by atoms with E-state index in [-0.39, 0.29) is 23.7 Å². The third kappa shape index (κ3) is 3.89. The summed E-state index contributed by atoms with van der Waals surface area (Å²) in [4.78, 5) is 14.6. The second kappa shape index (κ2) is 6.65. The van der Waals surface area contributed by atoms with Crippen LogP contribution in [0.1, 0.15) is 49.5 Å². The summed E-state index contributed by atoms with van der Waals surface area (Å²) in [6.07, 6.45) is 0.779. The van der Waals surface area contributed by atoms with E-state index in [1.54, 1.807) is 4.90 Å². The molecule has 0 spiro atoms. The normalized spacial score (nSPS) is 12.5. The average Bonchev–Trinajstić information content (AvgIpc) is 2.86. The summed E-state index contributed by atoms with van der Waals surface area (Å²) < 4.78 is 3.88. The standard InChI is InChI=1S/C12H21N5O2S/c1-5-6-17(7-8(13)15-19)11(18)9-10(12(2,3)4)14-16-20-9/h19H,5-7H2,1-4H3,(H2,13,15). The summed E-state index contributed by atoms with van der Waals surface area (Å²) in [7, 11) is 0. The van der Waals surface area contributed by atoms with E-state index < -0.39 is 0 Å². The highest BCUT2D eigenvalue weighted by Crippen LogP contribution is 2.26. The minimum atomic E-state index is -0.257. The van der Waals surface area contributed by atoms with Crippen LogP contribution >= 0.6 is 11.5 Å². The van der Waals surface area contributed by atoms with E-state index in [2.05, 4.69) is 14.7 Å². The molecule has 1 heterocycles. The lowest BCUT2D eigenvalue weighted by atomic mass is 9.91. The van der Waals surface area contributed by atoms with Gasteiger partial charge in [0.1, 0.15) is 4.88 Å². The van der Waals surface area contributed by atoms with Gasteiger partial charge in [-0.2, -0.15) is 0 Å². The number of hydrogen-bond acceptors (Lipinski definition) is 6. The molecular weight excluding hydrogens is 278 g/mol. The average molecular weight is 299 g/mol. The molecule has 1 aromatic heterocycles. The number of aromatic nitrogens is 2. The Hall–Kier alpha value is -1.70. The molecule has 0 unspecified atom stereocenters. The van der Waals surface area contributed by atoms with E-state index in [4.69, 9.17) is 10.9 Å². The van der Waals surface area contributed by atoms with Crippen molar-refractivity contribution in [3.8, 4) is 0 Å². The Labute approximate surface area is 122 Å². The molecule has 0 aliphatic carbocycles. The lowest BCUT2D eigenvalue weighted by Gasteiger charge is -2.23. The van der Waals surface area contributed by atoms with Gasteiger partial charge in [0.05, 0.1) is 12.2 Å². The van der Waals surface area contributed by atoms with E-state index in [0.29, 0.717) is 17.1 Å². The summed E-state index contributed by atoms with van der Waals surface area (Å²) in [5, 5.41) is 15.6. The van der Waals surface area contributed by atoms with Crippen molar-refractivity contribution in [2.45, 2.75) is 39.5 Å². The van der Waals surface area contributed by atoms with Crippen LogP contribution in [0.2, 0.25) is 0 Å². The second-order valence-electron chi connectivity index (χ2n) is 5.52. The maximum absolute atomic E-state index is 12.6. The van der Waals surface area contributed by atoms with Crippen molar-refractivity contribution in [2.75, 3.05) is 13.1 Å². The Morgan fingerprint density at radius 1 is 1.50 bits per heavy atom. The zero-order valence-electron chi connectivity index (χ0n) is 12.3. The SMILES string of the molecule is CCCN(CC(N)=NO)C(=O)c1snnc1C(C)(C)C. The van der Waals surface area contributed by atoms with Crippen molar-refractivity contribution in [2.24, 2.45) is 10.9 Å². The summed E-state index contributed by atoms with van der Waals surface area (Å²) in [6.45, 7) is 8.51. The minimum absolute atomic E-state index is 0.00147. The van der Waals surface area contributed by atoms with Crippen molar-refractivity contribution in [3.05, 3.63) is 10.6 Å². The number of nitrogens with two attached hydrogens (primary N) is 1. The summed E-state index contributed by atoms with van der Waals surface area (Å²) in [5.41, 5.74) is 5.91. The van der Waals surface area contributed by atoms with Crippen LogP contribution in [0.5, 0.6) is 0 Å². The highest BCUT2D eigenvalue weighted by molar-refractivity contribution is 7.08. The second-order valence-corrected chi connectivity index (χ2v) is 6.27. The third-order valence-electron chi connectivity index (χ3n) is 2.65. The largest absolute Gasteiger partial charge is 0.409 e. The highest BCUT2D eigenvalue weighted by atomic mass is 32.1. The Morgan fingerprint density at radius 3 is 2.65 bits per heavy atom. The van der Waals surface area contributed by atoms with E-state index in [0.717, 1.165) is 18.0 Å². The fourth-order valence-corrected chi connectivity index (χ4v) is 2.56. The van der Waals surface area contributed by atoms with E-state index in [9.17, 15) is 4.79 Å². The molecule has 0 saturated heterocycles. The molecule has 0 bridgehead atoms. The van der Waals surface area contributed by atoms with E-state index in [1.807, 2.05) is 27.7 Å². The van der Waals surface area contributed by atoms with Gasteiger partial charge in [-0.15, -0.1) is 5.10 Å². The van der Waals surface area contributed by atoms with Crippen molar-refractivity contribution >= 4 is 23.3 Å². The number of rotatable bonds is 5. The minimum Gasteiger partial charge on any atom is -0.409 e. The molecule has 0 aromatic carbocycles. The molecule has 20 heavy (non-hydrogen) atoms. The van der Waals surface area contributed by atoms with Crippen LogP contribution in [0.4, 0.5) is 0 Å². The molecule has 0 aliphatic heterocycles. The van der Waals surface area contributed by atoms with Gasteiger partial charge in [0.25, 0.3) is 5.91 Å². The first-order valence-electron chi connectivity index (χ1n) is 6.39. The number of carbonyl (C=O) groups is 1. The molecule has 0 radical (unpaired) electrons. The summed E-state index contributed by atoms with van der Waals surface area (Å²) >= 11 is 1.08. The topological polar surface area (TPSA) is 105 Å². The molecule has 1 aromatic rings. The van der Waals surface area contributed by atoms with Crippen molar-refractivity contribution < 1.29 is 10.0 Å². The van der Waals surface area contributed by atoms with Crippen LogP contribution in [0.3, 0.4) is 0 Å². The van der Waals surface area contributed by atoms with Crippen molar-refractivity contribution in [3.63, 3.8) is 0 Å². The first-order valence-corrected chi connectivity index (χ1v) is 7.17. The van der Waals surface area contributed by atoms with Gasteiger partial charge in [-0.25, -0.2) is 0 Å². The maximum Gasteiger partial charge on any atom is 0.267 e. The fraction of sp³-hybridized carbons (Fsp3) is 0.667. The Balaban J connectivity index is 3.04. The number of amidine groups is 1. The first kappa shape index (κ1) is 16.4. The van der Waals surface area contributed by atoms with Gasteiger partial charge in [0.2, 0.25) is 0 Å². The predicted molar refractivity (Wildman–Crippen MR) is 78.2 cm³/mol. The molecule has 0 saturated carbocycles. The molecule has 0 aliphatic rings. The summed E-state index contributed by atoms with van der Waals surface area (Å²) in [6, 6.07) is 0. The van der Waals surface area contributed by atoms with Crippen LogP contribution < -0.4 is 5.73 Å².